The van der Waals surface area contributed by atoms with Crippen LogP contribution >= 0.6 is 0 Å². The van der Waals surface area contributed by atoms with Gasteiger partial charge in [0, 0.05) is 12.8 Å². The van der Waals surface area contributed by atoms with Crippen LogP contribution in [0.25, 0.3) is 0 Å². The molecule has 0 amide bonds. The molecule has 0 aliphatic heterocycles. The van der Waals surface area contributed by atoms with Crippen LogP contribution in [0.4, 0.5) is 0 Å². The van der Waals surface area contributed by atoms with Gasteiger partial charge >= 0.3 is 11.9 Å². The topological polar surface area (TPSA) is 72.8 Å². The molecule has 0 aliphatic carbocycles. The Kier molecular flexibility index (Phi) is 52.0. The molecular weight excluding hydrogens is 801 g/mol. The van der Waals surface area contributed by atoms with Crippen molar-refractivity contribution in [3.8, 4) is 0 Å². The van der Waals surface area contributed by atoms with Gasteiger partial charge in [-0.1, -0.05) is 232 Å². The molecule has 65 heavy (non-hydrogen) atoms. The minimum Gasteiger partial charge on any atom is -0.462 e. The Hall–Kier alpha value is -3.44. The van der Waals surface area contributed by atoms with Crippen LogP contribution < -0.4 is 0 Å². The molecule has 5 nitrogen and oxygen atoms in total. The zero-order valence-electron chi connectivity index (χ0n) is 42.2. The second-order valence-electron chi connectivity index (χ2n) is 17.6. The smallest absolute Gasteiger partial charge is 0.306 e. The molecule has 0 aromatic carbocycles. The number of hydrogen-bond donors (Lipinski definition) is 1. The Morgan fingerprint density at radius 1 is 0.369 bits per heavy atom. The summed E-state index contributed by atoms with van der Waals surface area (Å²) in [5, 5.41) is 9.60. The average molecular weight is 901 g/mol. The summed E-state index contributed by atoms with van der Waals surface area (Å²) < 4.78 is 10.6. The van der Waals surface area contributed by atoms with Gasteiger partial charge < -0.3 is 14.6 Å². The predicted molar refractivity (Wildman–Crippen MR) is 283 cm³/mol. The lowest BCUT2D eigenvalue weighted by molar-refractivity contribution is -0.161. The van der Waals surface area contributed by atoms with Gasteiger partial charge in [0.15, 0.2) is 6.10 Å². The predicted octanol–water partition coefficient (Wildman–Crippen LogP) is 18.1. The van der Waals surface area contributed by atoms with Crippen molar-refractivity contribution in [1.29, 1.82) is 0 Å². The van der Waals surface area contributed by atoms with Gasteiger partial charge in [-0.3, -0.25) is 9.59 Å². The van der Waals surface area contributed by atoms with E-state index in [0.717, 1.165) is 96.3 Å². The van der Waals surface area contributed by atoms with E-state index in [1.54, 1.807) is 0 Å². The minimum atomic E-state index is -0.779. The van der Waals surface area contributed by atoms with Crippen molar-refractivity contribution in [2.24, 2.45) is 0 Å². The first-order chi connectivity index (χ1) is 32.1. The third kappa shape index (κ3) is 53.1. The molecule has 0 heterocycles. The van der Waals surface area contributed by atoms with E-state index in [1.807, 2.05) is 0 Å². The van der Waals surface area contributed by atoms with Crippen LogP contribution in [0.3, 0.4) is 0 Å². The standard InChI is InChI=1S/C60H100O5/c1-3-5-7-9-11-13-15-17-18-19-20-21-22-23-24-25-26-27-28-29-30-31-32-33-34-35-36-37-38-39-40-41-42-43-45-47-49-51-53-55-60(63)65-58(56-61)57-64-59(62)54-52-50-48-46-44-16-14-12-10-8-6-4-2/h5,7,11-14,17-18,20-21,23-24,26-27,29-30,32-33,58,61H,3-4,6,8-10,15-16,19,22,25,28,31,34-57H2,1-2H3/b7-5-,13-11-,14-12-,18-17-,21-20-,24-23-,27-26-,30-29-,33-32-. The van der Waals surface area contributed by atoms with Gasteiger partial charge in [0.2, 0.25) is 0 Å². The third-order valence-corrected chi connectivity index (χ3v) is 11.3. The Labute approximate surface area is 401 Å². The number of unbranched alkanes of at least 4 members (excludes halogenated alkanes) is 22. The zero-order chi connectivity index (χ0) is 47.0. The summed E-state index contributed by atoms with van der Waals surface area (Å²) >= 11 is 0. The summed E-state index contributed by atoms with van der Waals surface area (Å²) in [4.78, 5) is 24.4. The van der Waals surface area contributed by atoms with E-state index < -0.39 is 6.10 Å². The Morgan fingerprint density at radius 2 is 0.662 bits per heavy atom. The van der Waals surface area contributed by atoms with Gasteiger partial charge in [-0.15, -0.1) is 0 Å². The number of allylic oxidation sites excluding steroid dienone is 18. The number of hydrogen-bond acceptors (Lipinski definition) is 5. The van der Waals surface area contributed by atoms with E-state index in [0.29, 0.717) is 12.8 Å². The maximum Gasteiger partial charge on any atom is 0.306 e. The summed E-state index contributed by atoms with van der Waals surface area (Å²) in [6.07, 6.45) is 79.2. The maximum absolute atomic E-state index is 12.3. The minimum absolute atomic E-state index is 0.0731. The van der Waals surface area contributed by atoms with E-state index in [1.165, 1.54) is 116 Å². The molecule has 0 radical (unpaired) electrons. The lowest BCUT2D eigenvalue weighted by atomic mass is 10.0. The van der Waals surface area contributed by atoms with Crippen LogP contribution in [0.2, 0.25) is 0 Å². The molecule has 0 rings (SSSR count). The Balaban J connectivity index is 3.52. The van der Waals surface area contributed by atoms with Crippen LogP contribution in [0.5, 0.6) is 0 Å². The zero-order valence-corrected chi connectivity index (χ0v) is 42.2. The highest BCUT2D eigenvalue weighted by atomic mass is 16.6. The van der Waals surface area contributed by atoms with Crippen molar-refractivity contribution in [1.82, 2.24) is 0 Å². The van der Waals surface area contributed by atoms with E-state index in [-0.39, 0.29) is 25.2 Å². The van der Waals surface area contributed by atoms with E-state index in [4.69, 9.17) is 9.47 Å². The summed E-state index contributed by atoms with van der Waals surface area (Å²) in [5.41, 5.74) is 0. The highest BCUT2D eigenvalue weighted by Crippen LogP contribution is 2.15. The number of esters is 2. The third-order valence-electron chi connectivity index (χ3n) is 11.3. The van der Waals surface area contributed by atoms with Gasteiger partial charge in [-0.25, -0.2) is 0 Å². The van der Waals surface area contributed by atoms with Crippen molar-refractivity contribution in [3.05, 3.63) is 109 Å². The molecular formula is C60H100O5. The first kappa shape index (κ1) is 61.6. The van der Waals surface area contributed by atoms with Gasteiger partial charge in [-0.05, 0) is 103 Å². The fraction of sp³-hybridized carbons (Fsp3) is 0.667. The molecule has 0 aliphatic rings. The molecule has 1 unspecified atom stereocenters. The average Bonchev–Trinajstić information content (AvgIpc) is 3.31. The normalized spacial score (nSPS) is 13.1. The maximum atomic E-state index is 12.3. The Morgan fingerprint density at radius 3 is 1.02 bits per heavy atom. The number of aliphatic hydroxyl groups excluding tert-OH is 1. The van der Waals surface area contributed by atoms with Gasteiger partial charge in [-0.2, -0.15) is 0 Å². The lowest BCUT2D eigenvalue weighted by Gasteiger charge is -2.15. The van der Waals surface area contributed by atoms with E-state index in [2.05, 4.69) is 123 Å². The number of rotatable bonds is 48. The van der Waals surface area contributed by atoms with Crippen LogP contribution in [-0.4, -0.2) is 36.4 Å². The van der Waals surface area contributed by atoms with Gasteiger partial charge in [0.05, 0.1) is 6.61 Å². The fourth-order valence-corrected chi connectivity index (χ4v) is 7.27. The summed E-state index contributed by atoms with van der Waals surface area (Å²) in [6, 6.07) is 0. The summed E-state index contributed by atoms with van der Waals surface area (Å²) in [6.45, 7) is 3.99. The highest BCUT2D eigenvalue weighted by molar-refractivity contribution is 5.70. The van der Waals surface area contributed by atoms with Crippen molar-refractivity contribution in [3.63, 3.8) is 0 Å². The summed E-state index contributed by atoms with van der Waals surface area (Å²) in [5.74, 6) is -0.604. The number of ether oxygens (including phenoxy) is 2. The molecule has 0 spiro atoms. The number of carbonyl (C=O) groups is 2. The Bertz CT molecular complexity index is 1290. The molecule has 0 saturated heterocycles. The molecule has 0 saturated carbocycles. The molecule has 1 atom stereocenters. The molecule has 0 bridgehead atoms. The van der Waals surface area contributed by atoms with Crippen molar-refractivity contribution < 1.29 is 24.2 Å². The van der Waals surface area contributed by atoms with Crippen molar-refractivity contribution in [2.45, 2.75) is 245 Å². The second-order valence-corrected chi connectivity index (χ2v) is 17.6. The van der Waals surface area contributed by atoms with Gasteiger partial charge in [0.1, 0.15) is 6.61 Å². The van der Waals surface area contributed by atoms with Crippen LogP contribution in [0.15, 0.2) is 109 Å². The molecule has 0 aromatic rings. The lowest BCUT2D eigenvalue weighted by Crippen LogP contribution is -2.28. The molecule has 1 N–H and O–H groups in total. The largest absolute Gasteiger partial charge is 0.462 e. The number of aliphatic hydroxyl groups is 1. The molecule has 5 heteroatoms. The summed E-state index contributed by atoms with van der Waals surface area (Å²) in [7, 11) is 0. The quantitative estimate of drug-likeness (QED) is 0.0374. The van der Waals surface area contributed by atoms with Crippen LogP contribution in [-0.2, 0) is 19.1 Å². The number of carbonyl (C=O) groups excluding carboxylic acids is 2. The van der Waals surface area contributed by atoms with Crippen LogP contribution in [0, 0.1) is 0 Å². The van der Waals surface area contributed by atoms with Crippen molar-refractivity contribution >= 4 is 11.9 Å². The van der Waals surface area contributed by atoms with Gasteiger partial charge in [0.25, 0.3) is 0 Å². The molecule has 370 valence electrons. The first-order valence-corrected chi connectivity index (χ1v) is 26.9. The molecule has 0 fully saturated rings. The molecule has 0 aromatic heterocycles. The fourth-order valence-electron chi connectivity index (χ4n) is 7.27. The van der Waals surface area contributed by atoms with E-state index >= 15 is 0 Å². The highest BCUT2D eigenvalue weighted by Gasteiger charge is 2.16. The SMILES string of the molecule is CC/C=C\C/C=C\C/C=C\C/C=C\C/C=C\C/C=C\C/C=C\C/C=C\CCCCCCCCCCCCCCCCC(=O)OC(CO)COC(=O)CCCCCCC/C=C\CCCCC. The monoisotopic (exact) mass is 901 g/mol. The van der Waals surface area contributed by atoms with Crippen LogP contribution in [0.1, 0.15) is 239 Å². The second kappa shape index (κ2) is 54.9. The first-order valence-electron chi connectivity index (χ1n) is 26.9. The van der Waals surface area contributed by atoms with E-state index in [9.17, 15) is 14.7 Å². The van der Waals surface area contributed by atoms with Crippen molar-refractivity contribution in [2.75, 3.05) is 13.2 Å².